The van der Waals surface area contributed by atoms with Crippen LogP contribution in [-0.4, -0.2) is 58.8 Å². The monoisotopic (exact) mass is 450 g/mol. The summed E-state index contributed by atoms with van der Waals surface area (Å²) in [7, 11) is 6.88. The summed E-state index contributed by atoms with van der Waals surface area (Å²) in [6.45, 7) is 1.13. The number of carbonyl (C=O) groups is 1. The molecule has 2 aromatic rings. The van der Waals surface area contributed by atoms with Gasteiger partial charge in [0.2, 0.25) is 5.91 Å². The summed E-state index contributed by atoms with van der Waals surface area (Å²) in [5.74, 6) is -0.338. The predicted octanol–water partition coefficient (Wildman–Crippen LogP) is 4.21. The Morgan fingerprint density at radius 1 is 1.09 bits per heavy atom. The Hall–Kier alpha value is -2.58. The molecule has 174 valence electrons. The van der Waals surface area contributed by atoms with Gasteiger partial charge in [-0.3, -0.25) is 4.79 Å². The predicted molar refractivity (Wildman–Crippen MR) is 117 cm³/mol. The van der Waals surface area contributed by atoms with Gasteiger partial charge in [0.05, 0.1) is 25.2 Å². The Balaban J connectivity index is 2.12. The zero-order valence-corrected chi connectivity index (χ0v) is 18.8. The summed E-state index contributed by atoms with van der Waals surface area (Å²) < 4.78 is 51.0. The first-order valence-corrected chi connectivity index (χ1v) is 10.4. The summed E-state index contributed by atoms with van der Waals surface area (Å²) in [6, 6.07) is 11.0. The van der Waals surface area contributed by atoms with E-state index in [4.69, 9.17) is 9.47 Å². The molecule has 8 heteroatoms. The number of likely N-dealkylation sites (N-methyl/N-ethyl adjacent to an activating group) is 1. The number of amides is 1. The number of methoxy groups -OCH3 is 2. The van der Waals surface area contributed by atoms with Crippen molar-refractivity contribution in [1.82, 2.24) is 4.90 Å². The van der Waals surface area contributed by atoms with E-state index in [9.17, 15) is 18.0 Å². The molecule has 2 atom stereocenters. The van der Waals surface area contributed by atoms with Gasteiger partial charge in [-0.2, -0.15) is 13.2 Å². The molecule has 3 rings (SSSR count). The van der Waals surface area contributed by atoms with Crippen molar-refractivity contribution in [3.05, 3.63) is 59.2 Å². The molecule has 0 aliphatic carbocycles. The molecule has 2 aromatic carbocycles. The number of fused-ring (bicyclic) bond motifs is 1. The van der Waals surface area contributed by atoms with E-state index >= 15 is 0 Å². The Morgan fingerprint density at radius 2 is 1.78 bits per heavy atom. The highest BCUT2D eigenvalue weighted by Gasteiger charge is 2.39. The van der Waals surface area contributed by atoms with Crippen molar-refractivity contribution in [2.45, 2.75) is 18.5 Å². The van der Waals surface area contributed by atoms with Crippen LogP contribution in [0.25, 0.3) is 0 Å². The first-order valence-electron chi connectivity index (χ1n) is 10.4. The van der Waals surface area contributed by atoms with Crippen LogP contribution < -0.4 is 9.64 Å². The van der Waals surface area contributed by atoms with Gasteiger partial charge in [-0.15, -0.1) is 0 Å². The quantitative estimate of drug-likeness (QED) is 0.634. The van der Waals surface area contributed by atoms with Crippen LogP contribution in [0.2, 0.25) is 0 Å². The maximum atomic E-state index is 13.7. The van der Waals surface area contributed by atoms with Crippen LogP contribution in [0, 0.1) is 5.92 Å². The number of carbonyl (C=O) groups excluding carboxylic acids is 1. The van der Waals surface area contributed by atoms with Gasteiger partial charge in [0, 0.05) is 31.8 Å². The zero-order valence-electron chi connectivity index (χ0n) is 18.8. The van der Waals surface area contributed by atoms with Gasteiger partial charge in [0.1, 0.15) is 5.75 Å². The molecule has 0 fully saturated rings. The lowest BCUT2D eigenvalue weighted by Gasteiger charge is -2.29. The first kappa shape index (κ1) is 24.1. The lowest BCUT2D eigenvalue weighted by Crippen LogP contribution is -2.42. The number of anilines is 1. The molecular weight excluding hydrogens is 421 g/mol. The number of benzene rings is 2. The lowest BCUT2D eigenvalue weighted by molar-refractivity contribution is -0.137. The standard InChI is InChI=1S/C24H29F3N2O3/c1-28(2)11-12-29-22-10-7-18(24(25,26)27)13-17(22)14-20(21(15-31-3)23(29)30)16-5-8-19(32-4)9-6-16/h5-10,13,20-21H,11-12,14-15H2,1-4H3. The second kappa shape index (κ2) is 9.92. The highest BCUT2D eigenvalue weighted by molar-refractivity contribution is 5.97. The molecule has 1 amide bonds. The van der Waals surface area contributed by atoms with Gasteiger partial charge >= 0.3 is 6.18 Å². The molecule has 1 aliphatic heterocycles. The van der Waals surface area contributed by atoms with E-state index in [0.717, 1.165) is 11.6 Å². The van der Waals surface area contributed by atoms with Crippen LogP contribution >= 0.6 is 0 Å². The third kappa shape index (κ3) is 5.24. The molecule has 0 aromatic heterocycles. The van der Waals surface area contributed by atoms with Crippen LogP contribution in [0.15, 0.2) is 42.5 Å². The summed E-state index contributed by atoms with van der Waals surface area (Å²) >= 11 is 0. The van der Waals surface area contributed by atoms with E-state index in [1.165, 1.54) is 19.2 Å². The molecule has 0 N–H and O–H groups in total. The summed E-state index contributed by atoms with van der Waals surface area (Å²) in [5.41, 5.74) is 1.18. The van der Waals surface area contributed by atoms with E-state index in [0.29, 0.717) is 36.5 Å². The Kier molecular flexibility index (Phi) is 7.46. The van der Waals surface area contributed by atoms with E-state index in [2.05, 4.69) is 0 Å². The van der Waals surface area contributed by atoms with Gasteiger partial charge in [0.15, 0.2) is 0 Å². The van der Waals surface area contributed by atoms with Crippen LogP contribution in [-0.2, 0) is 22.1 Å². The zero-order chi connectivity index (χ0) is 23.5. The fraction of sp³-hybridized carbons (Fsp3) is 0.458. The average molecular weight is 451 g/mol. The van der Waals surface area contributed by atoms with E-state index in [-0.39, 0.29) is 18.4 Å². The molecular formula is C24H29F3N2O3. The number of ether oxygens (including phenoxy) is 2. The van der Waals surface area contributed by atoms with Crippen molar-refractivity contribution in [3.63, 3.8) is 0 Å². The summed E-state index contributed by atoms with van der Waals surface area (Å²) in [6.07, 6.45) is -4.16. The van der Waals surface area contributed by atoms with E-state index in [1.54, 1.807) is 24.1 Å². The fourth-order valence-electron chi connectivity index (χ4n) is 4.16. The van der Waals surface area contributed by atoms with Crippen molar-refractivity contribution in [3.8, 4) is 5.75 Å². The van der Waals surface area contributed by atoms with Crippen molar-refractivity contribution in [1.29, 1.82) is 0 Å². The van der Waals surface area contributed by atoms with Crippen LogP contribution in [0.4, 0.5) is 18.9 Å². The topological polar surface area (TPSA) is 42.0 Å². The average Bonchev–Trinajstić information content (AvgIpc) is 2.86. The number of halogens is 3. The third-order valence-electron chi connectivity index (χ3n) is 5.87. The molecule has 0 bridgehead atoms. The molecule has 0 saturated heterocycles. The van der Waals surface area contributed by atoms with Gasteiger partial charge in [-0.25, -0.2) is 0 Å². The van der Waals surface area contributed by atoms with Crippen molar-refractivity contribution in [2.75, 3.05) is 52.9 Å². The minimum Gasteiger partial charge on any atom is -0.497 e. The minimum atomic E-state index is -4.46. The van der Waals surface area contributed by atoms with Gasteiger partial charge in [0.25, 0.3) is 0 Å². The lowest BCUT2D eigenvalue weighted by atomic mass is 9.82. The Morgan fingerprint density at radius 3 is 2.34 bits per heavy atom. The number of hydrogen-bond donors (Lipinski definition) is 0. The molecule has 2 unspecified atom stereocenters. The summed E-state index contributed by atoms with van der Waals surface area (Å²) in [5, 5.41) is 0. The Labute approximate surface area is 186 Å². The summed E-state index contributed by atoms with van der Waals surface area (Å²) in [4.78, 5) is 17.2. The molecule has 0 saturated carbocycles. The Bertz CT molecular complexity index is 929. The second-order valence-corrected chi connectivity index (χ2v) is 8.28. The number of nitrogens with zero attached hydrogens (tertiary/aromatic N) is 2. The molecule has 0 radical (unpaired) electrons. The fourth-order valence-corrected chi connectivity index (χ4v) is 4.16. The van der Waals surface area contributed by atoms with Crippen LogP contribution in [0.1, 0.15) is 22.6 Å². The van der Waals surface area contributed by atoms with Crippen molar-refractivity contribution < 1.29 is 27.4 Å². The van der Waals surface area contributed by atoms with Crippen LogP contribution in [0.3, 0.4) is 0 Å². The number of alkyl halides is 3. The normalized spacial score (nSPS) is 19.1. The number of rotatable bonds is 7. The highest BCUT2D eigenvalue weighted by Crippen LogP contribution is 2.41. The van der Waals surface area contributed by atoms with Crippen LogP contribution in [0.5, 0.6) is 5.75 Å². The van der Waals surface area contributed by atoms with Crippen molar-refractivity contribution >= 4 is 11.6 Å². The van der Waals surface area contributed by atoms with Gasteiger partial charge in [-0.05, 0) is 62.0 Å². The molecule has 5 nitrogen and oxygen atoms in total. The molecule has 1 aliphatic rings. The first-order chi connectivity index (χ1) is 15.2. The van der Waals surface area contributed by atoms with E-state index < -0.39 is 17.7 Å². The van der Waals surface area contributed by atoms with Crippen molar-refractivity contribution in [2.24, 2.45) is 5.92 Å². The second-order valence-electron chi connectivity index (χ2n) is 8.28. The third-order valence-corrected chi connectivity index (χ3v) is 5.87. The maximum Gasteiger partial charge on any atom is 0.416 e. The minimum absolute atomic E-state index is 0.145. The molecule has 0 spiro atoms. The maximum absolute atomic E-state index is 13.7. The largest absolute Gasteiger partial charge is 0.497 e. The SMILES string of the molecule is COCC1C(=O)N(CCN(C)C)c2ccc(C(F)(F)F)cc2CC1c1ccc(OC)cc1. The number of hydrogen-bond acceptors (Lipinski definition) is 4. The smallest absolute Gasteiger partial charge is 0.416 e. The van der Waals surface area contributed by atoms with Gasteiger partial charge < -0.3 is 19.3 Å². The van der Waals surface area contributed by atoms with E-state index in [1.807, 2.05) is 31.1 Å². The molecule has 32 heavy (non-hydrogen) atoms. The highest BCUT2D eigenvalue weighted by atomic mass is 19.4. The molecule has 1 heterocycles. The van der Waals surface area contributed by atoms with Gasteiger partial charge in [-0.1, -0.05) is 12.1 Å².